The molecule has 7 heteroatoms. The Labute approximate surface area is 132 Å². The number of hydrogen-bond acceptors (Lipinski definition) is 6. The van der Waals surface area contributed by atoms with Gasteiger partial charge in [0.2, 0.25) is 6.79 Å². The van der Waals surface area contributed by atoms with Crippen LogP contribution in [0.3, 0.4) is 0 Å². The number of esters is 1. The Morgan fingerprint density at radius 3 is 2.52 bits per heavy atom. The predicted octanol–water partition coefficient (Wildman–Crippen LogP) is 1.76. The fourth-order valence-electron chi connectivity index (χ4n) is 2.42. The van der Waals surface area contributed by atoms with E-state index in [-0.39, 0.29) is 31.1 Å². The van der Waals surface area contributed by atoms with Gasteiger partial charge >= 0.3 is 5.97 Å². The smallest absolute Gasteiger partial charge is 0.309 e. The minimum atomic E-state index is -0.506. The van der Waals surface area contributed by atoms with Crippen molar-refractivity contribution in [3.8, 4) is 11.5 Å². The van der Waals surface area contributed by atoms with Crippen LogP contribution in [0.2, 0.25) is 0 Å². The molecule has 122 valence electrons. The molecule has 1 aliphatic carbocycles. The van der Waals surface area contributed by atoms with Gasteiger partial charge in [-0.25, -0.2) is 0 Å². The molecule has 0 saturated heterocycles. The number of rotatable bonds is 5. The molecule has 1 N–H and O–H groups in total. The second-order valence-corrected chi connectivity index (χ2v) is 5.78. The van der Waals surface area contributed by atoms with E-state index in [0.29, 0.717) is 28.7 Å². The molecule has 0 unspecified atom stereocenters. The van der Waals surface area contributed by atoms with Crippen LogP contribution in [0.4, 0.5) is 5.69 Å². The maximum absolute atomic E-state index is 11.9. The first-order valence-corrected chi connectivity index (χ1v) is 7.36. The number of ketones is 1. The second kappa shape index (κ2) is 5.91. The summed E-state index contributed by atoms with van der Waals surface area (Å²) in [7, 11) is 0. The summed E-state index contributed by atoms with van der Waals surface area (Å²) in [6, 6.07) is 3.06. The topological polar surface area (TPSA) is 90.9 Å². The molecule has 1 saturated carbocycles. The number of hydrogen-bond donors (Lipinski definition) is 1. The van der Waals surface area contributed by atoms with Crippen LogP contribution in [0.5, 0.6) is 11.5 Å². The number of Topliss-reactive ketones (excluding diaryl/α,β-unsaturated/α-hetero) is 1. The van der Waals surface area contributed by atoms with E-state index >= 15 is 0 Å². The predicted molar refractivity (Wildman–Crippen MR) is 79.4 cm³/mol. The minimum absolute atomic E-state index is 0.0707. The van der Waals surface area contributed by atoms with E-state index < -0.39 is 5.91 Å². The van der Waals surface area contributed by atoms with Crippen molar-refractivity contribution >= 4 is 23.3 Å². The third kappa shape index (κ3) is 3.28. The Kier molecular flexibility index (Phi) is 3.94. The summed E-state index contributed by atoms with van der Waals surface area (Å²) < 4.78 is 15.4. The number of nitrogens with one attached hydrogen (secondary N) is 1. The molecular weight excluding hydrogens is 302 g/mol. The lowest BCUT2D eigenvalue weighted by Gasteiger charge is -2.11. The van der Waals surface area contributed by atoms with Gasteiger partial charge in [-0.3, -0.25) is 14.4 Å². The highest BCUT2D eigenvalue weighted by Crippen LogP contribution is 2.39. The Morgan fingerprint density at radius 1 is 1.26 bits per heavy atom. The highest BCUT2D eigenvalue weighted by atomic mass is 16.7. The van der Waals surface area contributed by atoms with Gasteiger partial charge in [-0.15, -0.1) is 0 Å². The maximum Gasteiger partial charge on any atom is 0.309 e. The van der Waals surface area contributed by atoms with Gasteiger partial charge in [0.05, 0.1) is 11.6 Å². The van der Waals surface area contributed by atoms with Gasteiger partial charge in [0, 0.05) is 11.6 Å². The van der Waals surface area contributed by atoms with Gasteiger partial charge < -0.3 is 19.5 Å². The van der Waals surface area contributed by atoms with Crippen LogP contribution in [0.25, 0.3) is 0 Å². The normalized spacial score (nSPS) is 20.8. The molecule has 3 rings (SSSR count). The molecule has 23 heavy (non-hydrogen) atoms. The molecule has 0 aromatic heterocycles. The molecule has 0 radical (unpaired) electrons. The van der Waals surface area contributed by atoms with Crippen LogP contribution in [0.15, 0.2) is 12.1 Å². The standard InChI is InChI=1S/C16H17NO6/c1-8-3-10(8)16(20)21-6-15(19)17-12-5-14-13(22-7-23-14)4-11(12)9(2)18/h4-5,8,10H,3,6-7H2,1-2H3,(H,17,19)/t8-,10+/m0/s1. The number of fused-ring (bicyclic) bond motifs is 1. The van der Waals surface area contributed by atoms with Gasteiger partial charge in [0.15, 0.2) is 23.9 Å². The second-order valence-electron chi connectivity index (χ2n) is 5.78. The molecule has 2 atom stereocenters. The molecule has 1 fully saturated rings. The molecule has 7 nitrogen and oxygen atoms in total. The van der Waals surface area contributed by atoms with Crippen LogP contribution in [0.1, 0.15) is 30.6 Å². The van der Waals surface area contributed by atoms with Gasteiger partial charge in [-0.1, -0.05) is 6.92 Å². The fourth-order valence-corrected chi connectivity index (χ4v) is 2.42. The third-order valence-electron chi connectivity index (χ3n) is 3.92. The first-order valence-electron chi connectivity index (χ1n) is 7.36. The van der Waals surface area contributed by atoms with E-state index in [1.54, 1.807) is 0 Å². The average Bonchev–Trinajstić information content (AvgIpc) is 3.06. The summed E-state index contributed by atoms with van der Waals surface area (Å²) in [6.45, 7) is 3.04. The highest BCUT2D eigenvalue weighted by molar-refractivity contribution is 6.05. The lowest BCUT2D eigenvalue weighted by molar-refractivity contribution is -0.148. The van der Waals surface area contributed by atoms with Gasteiger partial charge in [0.1, 0.15) is 0 Å². The summed E-state index contributed by atoms with van der Waals surface area (Å²) in [4.78, 5) is 35.3. The SMILES string of the molecule is CC(=O)c1cc2c(cc1NC(=O)COC(=O)[C@@H]1C[C@@H]1C)OCO2. The van der Waals surface area contributed by atoms with Crippen LogP contribution in [-0.4, -0.2) is 31.1 Å². The molecule has 1 heterocycles. The van der Waals surface area contributed by atoms with E-state index in [0.717, 1.165) is 6.42 Å². The number of anilines is 1. The van der Waals surface area contributed by atoms with Crippen LogP contribution < -0.4 is 14.8 Å². The molecule has 1 aromatic rings. The quantitative estimate of drug-likeness (QED) is 0.657. The highest BCUT2D eigenvalue weighted by Gasteiger charge is 2.40. The number of ether oxygens (including phenoxy) is 3. The number of carbonyl (C=O) groups is 3. The van der Waals surface area contributed by atoms with Crippen molar-refractivity contribution in [3.05, 3.63) is 17.7 Å². The average molecular weight is 319 g/mol. The van der Waals surface area contributed by atoms with E-state index in [2.05, 4.69) is 5.32 Å². The van der Waals surface area contributed by atoms with Crippen molar-refractivity contribution in [1.82, 2.24) is 0 Å². The first-order chi connectivity index (χ1) is 11.0. The summed E-state index contributed by atoms with van der Waals surface area (Å²) >= 11 is 0. The van der Waals surface area contributed by atoms with E-state index in [4.69, 9.17) is 14.2 Å². The van der Waals surface area contributed by atoms with E-state index in [1.165, 1.54) is 19.1 Å². The Balaban J connectivity index is 1.65. The maximum atomic E-state index is 11.9. The van der Waals surface area contributed by atoms with E-state index in [1.807, 2.05) is 6.92 Å². The summed E-state index contributed by atoms with van der Waals surface area (Å²) in [5.74, 6) is 0.0573. The molecule has 0 bridgehead atoms. The lowest BCUT2D eigenvalue weighted by Crippen LogP contribution is -2.22. The van der Waals surface area contributed by atoms with Crippen molar-refractivity contribution in [2.24, 2.45) is 11.8 Å². The zero-order valence-electron chi connectivity index (χ0n) is 12.9. The van der Waals surface area contributed by atoms with Crippen molar-refractivity contribution in [2.75, 3.05) is 18.7 Å². The van der Waals surface area contributed by atoms with Crippen molar-refractivity contribution < 1.29 is 28.6 Å². The Morgan fingerprint density at radius 2 is 1.91 bits per heavy atom. The Bertz CT molecular complexity index is 683. The van der Waals surface area contributed by atoms with Crippen molar-refractivity contribution in [3.63, 3.8) is 0 Å². The molecular formula is C16H17NO6. The number of carbonyl (C=O) groups excluding carboxylic acids is 3. The zero-order chi connectivity index (χ0) is 16.6. The summed E-state index contributed by atoms with van der Waals surface area (Å²) in [5.41, 5.74) is 0.618. The van der Waals surface area contributed by atoms with E-state index in [9.17, 15) is 14.4 Å². The largest absolute Gasteiger partial charge is 0.455 e. The van der Waals surface area contributed by atoms with Crippen LogP contribution in [0, 0.1) is 11.8 Å². The third-order valence-corrected chi connectivity index (χ3v) is 3.92. The summed E-state index contributed by atoms with van der Waals surface area (Å²) in [6.07, 6.45) is 0.803. The van der Waals surface area contributed by atoms with Gasteiger partial charge in [-0.05, 0) is 25.3 Å². The summed E-state index contributed by atoms with van der Waals surface area (Å²) in [5, 5.41) is 2.57. The van der Waals surface area contributed by atoms with Gasteiger partial charge in [-0.2, -0.15) is 0 Å². The lowest BCUT2D eigenvalue weighted by atomic mass is 10.1. The van der Waals surface area contributed by atoms with Crippen molar-refractivity contribution in [2.45, 2.75) is 20.3 Å². The minimum Gasteiger partial charge on any atom is -0.455 e. The molecule has 2 aliphatic rings. The monoisotopic (exact) mass is 319 g/mol. The van der Waals surface area contributed by atoms with Gasteiger partial charge in [0.25, 0.3) is 5.91 Å². The van der Waals surface area contributed by atoms with Crippen LogP contribution in [-0.2, 0) is 14.3 Å². The number of benzene rings is 1. The molecule has 0 spiro atoms. The molecule has 1 aliphatic heterocycles. The molecule has 1 amide bonds. The Hall–Kier alpha value is -2.57. The van der Waals surface area contributed by atoms with Crippen LogP contribution >= 0.6 is 0 Å². The first kappa shape index (κ1) is 15.3. The number of amides is 1. The molecule has 1 aromatic carbocycles. The zero-order valence-corrected chi connectivity index (χ0v) is 12.9. The van der Waals surface area contributed by atoms with Crippen molar-refractivity contribution in [1.29, 1.82) is 0 Å². The fraction of sp³-hybridized carbons (Fsp3) is 0.438.